The van der Waals surface area contributed by atoms with Crippen LogP contribution in [0.3, 0.4) is 0 Å². The summed E-state index contributed by atoms with van der Waals surface area (Å²) >= 11 is 1.48. The van der Waals surface area contributed by atoms with E-state index in [-0.39, 0.29) is 18.3 Å². The van der Waals surface area contributed by atoms with Crippen LogP contribution in [0.5, 0.6) is 0 Å². The van der Waals surface area contributed by atoms with Gasteiger partial charge in [0.15, 0.2) is 0 Å². The summed E-state index contributed by atoms with van der Waals surface area (Å²) in [5, 5.41) is 0.802. The fourth-order valence-corrected chi connectivity index (χ4v) is 1.16. The van der Waals surface area contributed by atoms with E-state index in [1.165, 1.54) is 11.8 Å². The molecule has 0 aliphatic carbocycles. The maximum Gasteiger partial charge on any atom is 0.265 e. The molecule has 1 amide bonds. The number of halogens is 1. The molecule has 0 spiro atoms. The lowest BCUT2D eigenvalue weighted by Gasteiger charge is -1.99. The highest BCUT2D eigenvalue weighted by atomic mass is 35.5. The van der Waals surface area contributed by atoms with Crippen LogP contribution in [-0.2, 0) is 0 Å². The Bertz CT molecular complexity index is 295. The lowest BCUT2D eigenvalue weighted by atomic mass is 10.3. The summed E-state index contributed by atoms with van der Waals surface area (Å²) < 4.78 is 0. The fraction of sp³-hybridized carbons (Fsp3) is 0.143. The molecule has 4 nitrogen and oxygen atoms in total. The topological polar surface area (TPSA) is 68.0 Å². The van der Waals surface area contributed by atoms with Gasteiger partial charge in [-0.1, -0.05) is 0 Å². The second-order valence-electron chi connectivity index (χ2n) is 2.06. The molecular weight excluding hydrogens is 210 g/mol. The van der Waals surface area contributed by atoms with Crippen LogP contribution in [0, 0.1) is 0 Å². The third-order valence-corrected chi connectivity index (χ3v) is 1.98. The van der Waals surface area contributed by atoms with Crippen molar-refractivity contribution in [2.45, 2.75) is 5.03 Å². The van der Waals surface area contributed by atoms with E-state index in [0.29, 0.717) is 5.56 Å². The summed E-state index contributed by atoms with van der Waals surface area (Å²) in [7, 11) is 0. The zero-order valence-electron chi connectivity index (χ0n) is 6.98. The Morgan fingerprint density at radius 1 is 1.69 bits per heavy atom. The highest BCUT2D eigenvalue weighted by Gasteiger charge is 2.03. The summed E-state index contributed by atoms with van der Waals surface area (Å²) in [4.78, 5) is 15.0. The van der Waals surface area contributed by atoms with Crippen molar-refractivity contribution in [3.63, 3.8) is 0 Å². The van der Waals surface area contributed by atoms with E-state index in [1.807, 2.05) is 6.26 Å². The second-order valence-corrected chi connectivity index (χ2v) is 2.89. The fourth-order valence-electron chi connectivity index (χ4n) is 0.746. The zero-order chi connectivity index (χ0) is 8.97. The molecule has 6 heteroatoms. The minimum atomic E-state index is -0.298. The van der Waals surface area contributed by atoms with Crippen molar-refractivity contribution in [3.05, 3.63) is 23.9 Å². The van der Waals surface area contributed by atoms with Crippen LogP contribution < -0.4 is 11.3 Å². The predicted molar refractivity (Wildman–Crippen MR) is 54.9 cm³/mol. The SMILES string of the molecule is CSc1cc(C(=O)NN)ccn1.Cl. The minimum Gasteiger partial charge on any atom is -0.290 e. The minimum absolute atomic E-state index is 0. The van der Waals surface area contributed by atoms with E-state index in [1.54, 1.807) is 18.3 Å². The molecule has 13 heavy (non-hydrogen) atoms. The van der Waals surface area contributed by atoms with Crippen molar-refractivity contribution in [2.75, 3.05) is 6.26 Å². The van der Waals surface area contributed by atoms with Crippen LogP contribution in [0.25, 0.3) is 0 Å². The lowest BCUT2D eigenvalue weighted by Crippen LogP contribution is -2.29. The van der Waals surface area contributed by atoms with Crippen molar-refractivity contribution in [3.8, 4) is 0 Å². The van der Waals surface area contributed by atoms with Crippen LogP contribution in [-0.4, -0.2) is 17.1 Å². The first-order valence-electron chi connectivity index (χ1n) is 3.29. The number of amides is 1. The van der Waals surface area contributed by atoms with E-state index in [9.17, 15) is 4.79 Å². The Labute approximate surface area is 86.7 Å². The first-order valence-corrected chi connectivity index (χ1v) is 4.51. The quantitative estimate of drug-likeness (QED) is 0.335. The Hall–Kier alpha value is -0.780. The number of pyridine rings is 1. The number of nitrogen functional groups attached to an aromatic ring is 1. The number of hydrogen-bond donors (Lipinski definition) is 2. The Balaban J connectivity index is 0.00000144. The molecule has 0 unspecified atom stereocenters. The molecule has 0 fully saturated rings. The van der Waals surface area contributed by atoms with Gasteiger partial charge in [-0.05, 0) is 18.4 Å². The molecule has 1 aromatic heterocycles. The third kappa shape index (κ3) is 3.22. The molecule has 3 N–H and O–H groups in total. The maximum atomic E-state index is 11.0. The molecule has 0 saturated heterocycles. The van der Waals surface area contributed by atoms with E-state index < -0.39 is 0 Å². The molecule has 0 radical (unpaired) electrons. The average molecular weight is 220 g/mol. The van der Waals surface area contributed by atoms with E-state index >= 15 is 0 Å². The number of hydrazine groups is 1. The van der Waals surface area contributed by atoms with Gasteiger partial charge in [-0.25, -0.2) is 10.8 Å². The normalized spacial score (nSPS) is 8.77. The molecule has 0 saturated carbocycles. The first-order chi connectivity index (χ1) is 5.77. The summed E-state index contributed by atoms with van der Waals surface area (Å²) in [6, 6.07) is 3.30. The highest BCUT2D eigenvalue weighted by Crippen LogP contribution is 2.11. The molecule has 1 heterocycles. The van der Waals surface area contributed by atoms with Crippen molar-refractivity contribution in [2.24, 2.45) is 5.84 Å². The summed E-state index contributed by atoms with van der Waals surface area (Å²) in [5.41, 5.74) is 2.58. The Kier molecular flexibility index (Phi) is 5.45. The van der Waals surface area contributed by atoms with Gasteiger partial charge in [0.25, 0.3) is 5.91 Å². The van der Waals surface area contributed by atoms with Gasteiger partial charge in [0.2, 0.25) is 0 Å². The van der Waals surface area contributed by atoms with Crippen molar-refractivity contribution >= 4 is 30.1 Å². The van der Waals surface area contributed by atoms with E-state index in [4.69, 9.17) is 5.84 Å². The number of nitrogens with zero attached hydrogens (tertiary/aromatic N) is 1. The number of nitrogens with one attached hydrogen (secondary N) is 1. The van der Waals surface area contributed by atoms with E-state index in [0.717, 1.165) is 5.03 Å². The van der Waals surface area contributed by atoms with Gasteiger partial charge in [-0.3, -0.25) is 10.2 Å². The summed E-state index contributed by atoms with van der Waals surface area (Å²) in [6.07, 6.45) is 3.48. The number of rotatable bonds is 2. The van der Waals surface area contributed by atoms with Gasteiger partial charge >= 0.3 is 0 Å². The average Bonchev–Trinajstić information content (AvgIpc) is 2.17. The number of hydrogen-bond acceptors (Lipinski definition) is 4. The molecule has 72 valence electrons. The van der Waals surface area contributed by atoms with Gasteiger partial charge in [0.05, 0.1) is 5.03 Å². The molecule has 0 aliphatic heterocycles. The zero-order valence-corrected chi connectivity index (χ0v) is 8.61. The molecule has 1 rings (SSSR count). The van der Waals surface area contributed by atoms with Crippen LogP contribution in [0.1, 0.15) is 10.4 Å². The van der Waals surface area contributed by atoms with Gasteiger partial charge in [-0.2, -0.15) is 0 Å². The number of thioether (sulfide) groups is 1. The molecule has 0 aromatic carbocycles. The van der Waals surface area contributed by atoms with Gasteiger partial charge in [0, 0.05) is 11.8 Å². The smallest absolute Gasteiger partial charge is 0.265 e. The van der Waals surface area contributed by atoms with Crippen LogP contribution in [0.4, 0.5) is 0 Å². The number of carbonyl (C=O) groups is 1. The van der Waals surface area contributed by atoms with Crippen molar-refractivity contribution in [1.29, 1.82) is 0 Å². The van der Waals surface area contributed by atoms with Crippen molar-refractivity contribution < 1.29 is 4.79 Å². The lowest BCUT2D eigenvalue weighted by molar-refractivity contribution is 0.0953. The largest absolute Gasteiger partial charge is 0.290 e. The standard InChI is InChI=1S/C7H9N3OS.ClH/c1-12-6-4-5(2-3-9-6)7(11)10-8;/h2-4H,8H2,1H3,(H,10,11);1H. The van der Waals surface area contributed by atoms with Gasteiger partial charge in [-0.15, -0.1) is 24.2 Å². The van der Waals surface area contributed by atoms with E-state index in [2.05, 4.69) is 10.4 Å². The Morgan fingerprint density at radius 2 is 2.38 bits per heavy atom. The molecule has 1 aromatic rings. The predicted octanol–water partition coefficient (Wildman–Crippen LogP) is 0.829. The highest BCUT2D eigenvalue weighted by molar-refractivity contribution is 7.98. The monoisotopic (exact) mass is 219 g/mol. The molecule has 0 aliphatic rings. The number of aromatic nitrogens is 1. The van der Waals surface area contributed by atoms with Crippen LogP contribution in [0.2, 0.25) is 0 Å². The Morgan fingerprint density at radius 3 is 2.92 bits per heavy atom. The van der Waals surface area contributed by atoms with Crippen LogP contribution >= 0.6 is 24.2 Å². The van der Waals surface area contributed by atoms with Gasteiger partial charge < -0.3 is 0 Å². The molecule has 0 atom stereocenters. The number of carbonyl (C=O) groups excluding carboxylic acids is 1. The second kappa shape index (κ2) is 5.80. The van der Waals surface area contributed by atoms with Crippen molar-refractivity contribution in [1.82, 2.24) is 10.4 Å². The van der Waals surface area contributed by atoms with Crippen LogP contribution in [0.15, 0.2) is 23.4 Å². The maximum absolute atomic E-state index is 11.0. The number of nitrogens with two attached hydrogens (primary N) is 1. The molecule has 0 bridgehead atoms. The molecular formula is C7H10ClN3OS. The first kappa shape index (κ1) is 12.2. The summed E-state index contributed by atoms with van der Waals surface area (Å²) in [6.45, 7) is 0. The summed E-state index contributed by atoms with van der Waals surface area (Å²) in [5.74, 6) is 4.67. The third-order valence-electron chi connectivity index (χ3n) is 1.34. The van der Waals surface area contributed by atoms with Gasteiger partial charge in [0.1, 0.15) is 0 Å².